The summed E-state index contributed by atoms with van der Waals surface area (Å²) in [5.74, 6) is -0.0281. The van der Waals surface area contributed by atoms with E-state index in [4.69, 9.17) is 0 Å². The van der Waals surface area contributed by atoms with E-state index in [9.17, 15) is 14.7 Å². The van der Waals surface area contributed by atoms with Crippen molar-refractivity contribution in [3.8, 4) is 0 Å². The molecule has 10 heteroatoms. The number of rotatable bonds is 8. The highest BCUT2D eigenvalue weighted by molar-refractivity contribution is 9.10. The Morgan fingerprint density at radius 1 is 1.26 bits per heavy atom. The number of likely N-dealkylation sites (tertiary alicyclic amines) is 1. The standard InChI is InChI=1S/C25H35BrN6O3/c1-25(2,3)22(32-15-20(28-29-32)16-5-6-16)24(35)31-14-19(33)13-21(31)23(34)27-11-12-30(4)18-9-7-17(26)8-10-18/h7-10,15-16,19,21-22,33H,5-6,11-14H2,1-4H3,(H,27,34)/t19?,21?,22-/m1/s1. The quantitative estimate of drug-likeness (QED) is 0.527. The number of amides is 2. The van der Waals surface area contributed by atoms with Crippen LogP contribution in [0.1, 0.15) is 57.7 Å². The predicted molar refractivity (Wildman–Crippen MR) is 137 cm³/mol. The molecule has 2 amide bonds. The average Bonchev–Trinajstić information content (AvgIpc) is 3.40. The van der Waals surface area contributed by atoms with Gasteiger partial charge < -0.3 is 20.2 Å². The van der Waals surface area contributed by atoms with Crippen molar-refractivity contribution in [3.05, 3.63) is 40.6 Å². The molecule has 0 spiro atoms. The predicted octanol–water partition coefficient (Wildman–Crippen LogP) is 2.72. The molecule has 1 saturated carbocycles. The normalized spacial score (nSPS) is 21.1. The van der Waals surface area contributed by atoms with Crippen LogP contribution in [-0.2, 0) is 9.59 Å². The zero-order valence-electron chi connectivity index (χ0n) is 20.8. The van der Waals surface area contributed by atoms with Crippen LogP contribution in [-0.4, -0.2) is 75.6 Å². The van der Waals surface area contributed by atoms with Gasteiger partial charge in [0.2, 0.25) is 11.8 Å². The van der Waals surface area contributed by atoms with Crippen LogP contribution in [0.2, 0.25) is 0 Å². The highest BCUT2D eigenvalue weighted by Crippen LogP contribution is 2.40. The molecule has 0 radical (unpaired) electrons. The molecule has 2 aliphatic rings. The van der Waals surface area contributed by atoms with Crippen LogP contribution >= 0.6 is 15.9 Å². The third-order valence-electron chi connectivity index (χ3n) is 6.72. The van der Waals surface area contributed by atoms with Crippen LogP contribution in [0.25, 0.3) is 0 Å². The fraction of sp³-hybridized carbons (Fsp3) is 0.600. The molecule has 9 nitrogen and oxygen atoms in total. The summed E-state index contributed by atoms with van der Waals surface area (Å²) in [6.45, 7) is 7.11. The Labute approximate surface area is 215 Å². The van der Waals surface area contributed by atoms with Gasteiger partial charge in [0.05, 0.1) is 11.8 Å². The number of anilines is 1. The molecule has 0 bridgehead atoms. The Kier molecular flexibility index (Phi) is 7.51. The first-order valence-corrected chi connectivity index (χ1v) is 13.0. The zero-order valence-corrected chi connectivity index (χ0v) is 22.4. The second kappa shape index (κ2) is 10.3. The Balaban J connectivity index is 1.42. The number of benzene rings is 1. The molecule has 2 N–H and O–H groups in total. The van der Waals surface area contributed by atoms with Gasteiger partial charge in [-0.3, -0.25) is 9.59 Å². The summed E-state index contributed by atoms with van der Waals surface area (Å²) in [4.78, 5) is 30.5. The maximum atomic E-state index is 13.8. The Morgan fingerprint density at radius 3 is 2.57 bits per heavy atom. The summed E-state index contributed by atoms with van der Waals surface area (Å²) in [5, 5.41) is 21.9. The van der Waals surface area contributed by atoms with Gasteiger partial charge >= 0.3 is 0 Å². The molecule has 1 saturated heterocycles. The van der Waals surface area contributed by atoms with Crippen molar-refractivity contribution in [1.82, 2.24) is 25.2 Å². The molecule has 1 aromatic heterocycles. The molecule has 190 valence electrons. The highest BCUT2D eigenvalue weighted by atomic mass is 79.9. The number of nitrogens with one attached hydrogen (secondary N) is 1. The largest absolute Gasteiger partial charge is 0.391 e. The number of aromatic nitrogens is 3. The summed E-state index contributed by atoms with van der Waals surface area (Å²) in [5.41, 5.74) is 1.51. The number of aliphatic hydroxyl groups is 1. The maximum Gasteiger partial charge on any atom is 0.248 e. The molecule has 2 unspecified atom stereocenters. The molecule has 2 fully saturated rings. The topological polar surface area (TPSA) is 104 Å². The van der Waals surface area contributed by atoms with Crippen LogP contribution in [0, 0.1) is 5.41 Å². The molecule has 35 heavy (non-hydrogen) atoms. The first kappa shape index (κ1) is 25.6. The second-order valence-corrected chi connectivity index (χ2v) is 11.7. The smallest absolute Gasteiger partial charge is 0.248 e. The Morgan fingerprint density at radius 2 is 1.94 bits per heavy atom. The number of hydrogen-bond acceptors (Lipinski definition) is 6. The van der Waals surface area contributed by atoms with Crippen molar-refractivity contribution in [3.63, 3.8) is 0 Å². The number of carbonyl (C=O) groups is 2. The molecule has 2 aromatic rings. The SMILES string of the molecule is CN(CCNC(=O)C1CC(O)CN1C(=O)[C@@H](n1cc(C2CC2)nn1)C(C)(C)C)c1ccc(Br)cc1. The monoisotopic (exact) mass is 546 g/mol. The van der Waals surface area contributed by atoms with Crippen LogP contribution < -0.4 is 10.2 Å². The minimum atomic E-state index is -0.737. The lowest BCUT2D eigenvalue weighted by atomic mass is 9.85. The van der Waals surface area contributed by atoms with Gasteiger partial charge in [-0.1, -0.05) is 41.9 Å². The molecule has 1 aliphatic carbocycles. The van der Waals surface area contributed by atoms with Crippen LogP contribution in [0.3, 0.4) is 0 Å². The van der Waals surface area contributed by atoms with Gasteiger partial charge in [0.1, 0.15) is 12.1 Å². The molecule has 1 aliphatic heterocycles. The number of aliphatic hydroxyl groups excluding tert-OH is 1. The van der Waals surface area contributed by atoms with Crippen LogP contribution in [0.5, 0.6) is 0 Å². The highest BCUT2D eigenvalue weighted by Gasteiger charge is 2.45. The van der Waals surface area contributed by atoms with Gasteiger partial charge in [-0.15, -0.1) is 5.10 Å². The first-order chi connectivity index (χ1) is 16.5. The van der Waals surface area contributed by atoms with Crippen molar-refractivity contribution >= 4 is 33.4 Å². The van der Waals surface area contributed by atoms with Gasteiger partial charge in [0.15, 0.2) is 0 Å². The second-order valence-electron chi connectivity index (χ2n) is 10.8. The van der Waals surface area contributed by atoms with Gasteiger partial charge in [-0.2, -0.15) is 0 Å². The summed E-state index contributed by atoms with van der Waals surface area (Å²) >= 11 is 3.44. The number of carbonyl (C=O) groups excluding carboxylic acids is 2. The third kappa shape index (κ3) is 6.03. The molecular formula is C25H35BrN6O3. The molecule has 2 heterocycles. The fourth-order valence-electron chi connectivity index (χ4n) is 4.62. The maximum absolute atomic E-state index is 13.8. The summed E-state index contributed by atoms with van der Waals surface area (Å²) in [7, 11) is 1.96. The minimum Gasteiger partial charge on any atom is -0.391 e. The number of β-amino-alcohol motifs (C(OH)–C–C–N with tert-alkyl or cyclic N) is 1. The van der Waals surface area contributed by atoms with Gasteiger partial charge in [-0.25, -0.2) is 4.68 Å². The van der Waals surface area contributed by atoms with Crippen molar-refractivity contribution in [2.24, 2.45) is 5.41 Å². The van der Waals surface area contributed by atoms with Crippen LogP contribution in [0.4, 0.5) is 5.69 Å². The average molecular weight is 547 g/mol. The lowest BCUT2D eigenvalue weighted by Crippen LogP contribution is -2.51. The Bertz CT molecular complexity index is 1050. The summed E-state index contributed by atoms with van der Waals surface area (Å²) in [6, 6.07) is 6.62. The molecule has 1 aromatic carbocycles. The van der Waals surface area contributed by atoms with Gasteiger partial charge in [0.25, 0.3) is 0 Å². The lowest BCUT2D eigenvalue weighted by Gasteiger charge is -2.34. The summed E-state index contributed by atoms with van der Waals surface area (Å²) in [6.07, 6.45) is 3.56. The number of hydrogen-bond donors (Lipinski definition) is 2. The van der Waals surface area contributed by atoms with Crippen molar-refractivity contribution in [2.75, 3.05) is 31.6 Å². The minimum absolute atomic E-state index is 0.131. The van der Waals surface area contributed by atoms with E-state index >= 15 is 0 Å². The fourth-order valence-corrected chi connectivity index (χ4v) is 4.88. The van der Waals surface area contributed by atoms with Crippen molar-refractivity contribution in [2.45, 2.75) is 64.1 Å². The van der Waals surface area contributed by atoms with E-state index in [1.165, 1.54) is 4.90 Å². The molecule has 3 atom stereocenters. The first-order valence-electron chi connectivity index (χ1n) is 12.2. The van der Waals surface area contributed by atoms with Gasteiger partial charge in [0, 0.05) is 55.4 Å². The number of halogens is 1. The number of likely N-dealkylation sites (N-methyl/N-ethyl adjacent to an activating group) is 1. The van der Waals surface area contributed by atoms with Crippen molar-refractivity contribution < 1.29 is 14.7 Å². The summed E-state index contributed by atoms with van der Waals surface area (Å²) < 4.78 is 2.65. The Hall–Kier alpha value is -2.46. The molecular weight excluding hydrogens is 512 g/mol. The van der Waals surface area contributed by atoms with Crippen LogP contribution in [0.15, 0.2) is 34.9 Å². The van der Waals surface area contributed by atoms with E-state index in [-0.39, 0.29) is 24.8 Å². The van der Waals surface area contributed by atoms with E-state index in [2.05, 4.69) is 36.5 Å². The van der Waals surface area contributed by atoms with E-state index in [0.29, 0.717) is 19.0 Å². The van der Waals surface area contributed by atoms with E-state index in [0.717, 1.165) is 28.7 Å². The number of nitrogens with zero attached hydrogens (tertiary/aromatic N) is 5. The lowest BCUT2D eigenvalue weighted by molar-refractivity contribution is -0.144. The van der Waals surface area contributed by atoms with E-state index < -0.39 is 23.6 Å². The van der Waals surface area contributed by atoms with Crippen molar-refractivity contribution in [1.29, 1.82) is 0 Å². The molecule has 4 rings (SSSR count). The van der Waals surface area contributed by atoms with E-state index in [1.807, 2.05) is 58.3 Å². The van der Waals surface area contributed by atoms with Gasteiger partial charge in [-0.05, 0) is 42.5 Å². The third-order valence-corrected chi connectivity index (χ3v) is 7.25. The van der Waals surface area contributed by atoms with E-state index in [1.54, 1.807) is 4.68 Å². The zero-order chi connectivity index (χ0) is 25.3.